The van der Waals surface area contributed by atoms with Crippen molar-refractivity contribution in [1.82, 2.24) is 19.3 Å². The highest BCUT2D eigenvalue weighted by molar-refractivity contribution is 5.93. The Labute approximate surface area is 148 Å². The van der Waals surface area contributed by atoms with E-state index in [1.807, 2.05) is 0 Å². The number of methoxy groups -OCH3 is 1. The number of carbonyl (C=O) groups is 2. The summed E-state index contributed by atoms with van der Waals surface area (Å²) in [6.07, 6.45) is 2.97. The minimum absolute atomic E-state index is 0.103. The van der Waals surface area contributed by atoms with Gasteiger partial charge in [0.2, 0.25) is 5.91 Å². The second-order valence-electron chi connectivity index (χ2n) is 5.62. The van der Waals surface area contributed by atoms with Crippen LogP contribution >= 0.6 is 0 Å². The maximum absolute atomic E-state index is 12.3. The fourth-order valence-electron chi connectivity index (χ4n) is 2.48. The molecule has 9 heteroatoms. The summed E-state index contributed by atoms with van der Waals surface area (Å²) in [5.41, 5.74) is 1.21. The maximum Gasteiger partial charge on any atom is 0.337 e. The first-order valence-corrected chi connectivity index (χ1v) is 7.85. The third-order valence-electron chi connectivity index (χ3n) is 3.89. The summed E-state index contributed by atoms with van der Waals surface area (Å²) in [6.45, 7) is 0.197. The van der Waals surface area contributed by atoms with Gasteiger partial charge in [-0.25, -0.2) is 9.78 Å². The maximum atomic E-state index is 12.3. The fourth-order valence-corrected chi connectivity index (χ4v) is 2.48. The molecule has 0 spiro atoms. The summed E-state index contributed by atoms with van der Waals surface area (Å²) in [6, 6.07) is 6.34. The smallest absolute Gasteiger partial charge is 0.337 e. The summed E-state index contributed by atoms with van der Waals surface area (Å²) >= 11 is 0. The lowest BCUT2D eigenvalue weighted by molar-refractivity contribution is -0.116. The molecule has 0 aliphatic carbocycles. The SMILES string of the molecule is COC(=O)c1ccc(NC(=O)CCn2cnc3c(cnn3C)c2=O)cc1. The lowest BCUT2D eigenvalue weighted by Crippen LogP contribution is -2.23. The van der Waals surface area contributed by atoms with Gasteiger partial charge in [0.25, 0.3) is 5.56 Å². The Balaban J connectivity index is 1.63. The van der Waals surface area contributed by atoms with Crippen molar-refractivity contribution in [2.75, 3.05) is 12.4 Å². The molecule has 1 aromatic carbocycles. The molecule has 9 nitrogen and oxygen atoms in total. The number of anilines is 1. The predicted molar refractivity (Wildman–Crippen MR) is 93.8 cm³/mol. The summed E-state index contributed by atoms with van der Waals surface area (Å²) in [4.78, 5) is 40.0. The number of benzene rings is 1. The standard InChI is InChI=1S/C17H17N5O4/c1-21-15-13(9-19-21)16(24)22(10-18-15)8-7-14(23)20-12-5-3-11(4-6-12)17(25)26-2/h3-6,9-10H,7-8H2,1-2H3,(H,20,23). The second-order valence-corrected chi connectivity index (χ2v) is 5.62. The van der Waals surface area contributed by atoms with Crippen LogP contribution in [0.15, 0.2) is 41.6 Å². The van der Waals surface area contributed by atoms with E-state index in [1.54, 1.807) is 31.3 Å². The molecule has 0 atom stereocenters. The van der Waals surface area contributed by atoms with E-state index in [2.05, 4.69) is 20.1 Å². The van der Waals surface area contributed by atoms with Gasteiger partial charge in [0, 0.05) is 25.7 Å². The summed E-state index contributed by atoms with van der Waals surface area (Å²) in [5, 5.41) is 7.13. The van der Waals surface area contributed by atoms with E-state index in [0.29, 0.717) is 22.3 Å². The Morgan fingerprint density at radius 2 is 1.96 bits per heavy atom. The van der Waals surface area contributed by atoms with Gasteiger partial charge < -0.3 is 10.1 Å². The second kappa shape index (κ2) is 7.18. The molecule has 0 saturated carbocycles. The number of hydrogen-bond acceptors (Lipinski definition) is 6. The molecule has 2 heterocycles. The van der Waals surface area contributed by atoms with Gasteiger partial charge in [0.15, 0.2) is 5.65 Å². The van der Waals surface area contributed by atoms with Gasteiger partial charge in [-0.1, -0.05) is 0 Å². The van der Waals surface area contributed by atoms with Crippen LogP contribution in [-0.4, -0.2) is 38.3 Å². The lowest BCUT2D eigenvalue weighted by atomic mass is 10.2. The first-order valence-electron chi connectivity index (χ1n) is 7.85. The molecule has 26 heavy (non-hydrogen) atoms. The number of nitrogens with zero attached hydrogens (tertiary/aromatic N) is 4. The van der Waals surface area contributed by atoms with Gasteiger partial charge in [-0.05, 0) is 24.3 Å². The summed E-state index contributed by atoms with van der Waals surface area (Å²) < 4.78 is 7.52. The molecular weight excluding hydrogens is 338 g/mol. The van der Waals surface area contributed by atoms with Crippen molar-refractivity contribution in [2.45, 2.75) is 13.0 Å². The van der Waals surface area contributed by atoms with Crippen LogP contribution in [0.5, 0.6) is 0 Å². The van der Waals surface area contributed by atoms with E-state index >= 15 is 0 Å². The third-order valence-corrected chi connectivity index (χ3v) is 3.89. The van der Waals surface area contributed by atoms with Gasteiger partial charge >= 0.3 is 5.97 Å². The minimum Gasteiger partial charge on any atom is -0.465 e. The number of hydrogen-bond donors (Lipinski definition) is 1. The molecule has 0 fully saturated rings. The van der Waals surface area contributed by atoms with E-state index in [9.17, 15) is 14.4 Å². The Bertz CT molecular complexity index is 1020. The molecule has 0 bridgehead atoms. The van der Waals surface area contributed by atoms with Crippen molar-refractivity contribution in [3.05, 3.63) is 52.7 Å². The number of aryl methyl sites for hydroxylation is 2. The molecule has 0 aliphatic rings. The van der Waals surface area contributed by atoms with Crippen LogP contribution in [0, 0.1) is 0 Å². The predicted octanol–water partition coefficient (Wildman–Crippen LogP) is 0.945. The van der Waals surface area contributed by atoms with E-state index in [4.69, 9.17) is 0 Å². The average Bonchev–Trinajstić information content (AvgIpc) is 3.03. The highest BCUT2D eigenvalue weighted by atomic mass is 16.5. The highest BCUT2D eigenvalue weighted by Gasteiger charge is 2.10. The lowest BCUT2D eigenvalue weighted by Gasteiger charge is -2.07. The molecule has 0 unspecified atom stereocenters. The molecule has 1 N–H and O–H groups in total. The van der Waals surface area contributed by atoms with E-state index in [1.165, 1.54) is 28.9 Å². The quantitative estimate of drug-likeness (QED) is 0.683. The van der Waals surface area contributed by atoms with Crippen LogP contribution in [0.25, 0.3) is 11.0 Å². The molecule has 2 aromatic heterocycles. The zero-order valence-corrected chi connectivity index (χ0v) is 14.3. The van der Waals surface area contributed by atoms with Crippen molar-refractivity contribution in [3.63, 3.8) is 0 Å². The van der Waals surface area contributed by atoms with Crippen LogP contribution in [-0.2, 0) is 23.1 Å². The van der Waals surface area contributed by atoms with Crippen molar-refractivity contribution in [1.29, 1.82) is 0 Å². The largest absolute Gasteiger partial charge is 0.465 e. The van der Waals surface area contributed by atoms with E-state index in [0.717, 1.165) is 0 Å². The van der Waals surface area contributed by atoms with Gasteiger partial charge in [0.1, 0.15) is 5.39 Å². The number of carbonyl (C=O) groups excluding carboxylic acids is 2. The molecule has 3 aromatic rings. The molecule has 0 radical (unpaired) electrons. The third kappa shape index (κ3) is 3.46. The van der Waals surface area contributed by atoms with Crippen molar-refractivity contribution in [3.8, 4) is 0 Å². The van der Waals surface area contributed by atoms with Gasteiger partial charge in [0.05, 0.1) is 25.2 Å². The monoisotopic (exact) mass is 355 g/mol. The Hall–Kier alpha value is -3.49. The number of nitrogens with one attached hydrogen (secondary N) is 1. The van der Waals surface area contributed by atoms with Gasteiger partial charge in [-0.3, -0.25) is 18.8 Å². The number of ether oxygens (including phenoxy) is 1. The topological polar surface area (TPSA) is 108 Å². The van der Waals surface area contributed by atoms with E-state index < -0.39 is 5.97 Å². The minimum atomic E-state index is -0.444. The fraction of sp³-hybridized carbons (Fsp3) is 0.235. The number of esters is 1. The number of aromatic nitrogens is 4. The van der Waals surface area contributed by atoms with Crippen LogP contribution in [0.4, 0.5) is 5.69 Å². The zero-order chi connectivity index (χ0) is 18.7. The number of fused-ring (bicyclic) bond motifs is 1. The molecule has 0 aliphatic heterocycles. The van der Waals surface area contributed by atoms with Crippen LogP contribution < -0.4 is 10.9 Å². The molecule has 0 saturated heterocycles. The first kappa shape index (κ1) is 17.3. The Morgan fingerprint density at radius 3 is 2.65 bits per heavy atom. The molecular formula is C17H17N5O4. The van der Waals surface area contributed by atoms with Crippen LogP contribution in [0.3, 0.4) is 0 Å². The first-order chi connectivity index (χ1) is 12.5. The van der Waals surface area contributed by atoms with Crippen LogP contribution in [0.1, 0.15) is 16.8 Å². The normalized spacial score (nSPS) is 10.7. The van der Waals surface area contributed by atoms with Crippen molar-refractivity contribution >= 4 is 28.6 Å². The number of rotatable bonds is 5. The Kier molecular flexibility index (Phi) is 4.78. The van der Waals surface area contributed by atoms with Crippen molar-refractivity contribution < 1.29 is 14.3 Å². The molecule has 1 amide bonds. The van der Waals surface area contributed by atoms with Gasteiger partial charge in [-0.15, -0.1) is 0 Å². The molecule has 3 rings (SSSR count). The zero-order valence-electron chi connectivity index (χ0n) is 14.3. The molecule has 134 valence electrons. The van der Waals surface area contributed by atoms with Crippen molar-refractivity contribution in [2.24, 2.45) is 7.05 Å². The summed E-state index contributed by atoms with van der Waals surface area (Å²) in [5.74, 6) is -0.699. The number of amides is 1. The Morgan fingerprint density at radius 1 is 1.23 bits per heavy atom. The highest BCUT2D eigenvalue weighted by Crippen LogP contribution is 2.11. The van der Waals surface area contributed by atoms with Crippen LogP contribution in [0.2, 0.25) is 0 Å². The average molecular weight is 355 g/mol. The summed E-state index contributed by atoms with van der Waals surface area (Å²) in [7, 11) is 3.01. The van der Waals surface area contributed by atoms with Gasteiger partial charge in [-0.2, -0.15) is 5.10 Å². The van der Waals surface area contributed by atoms with E-state index in [-0.39, 0.29) is 24.4 Å².